The zero-order chi connectivity index (χ0) is 25.2. The number of amides is 2. The van der Waals surface area contributed by atoms with Gasteiger partial charge in [-0.3, -0.25) is 19.2 Å². The molecule has 2 aromatic carbocycles. The number of nitrogens with one attached hydrogen (secondary N) is 1. The second kappa shape index (κ2) is 9.63. The smallest absolute Gasteiger partial charge is 0.342 e. The lowest BCUT2D eigenvalue weighted by molar-refractivity contribution is -0.123. The topological polar surface area (TPSA) is 124 Å². The number of methoxy groups -OCH3 is 1. The maximum absolute atomic E-state index is 13.3. The van der Waals surface area contributed by atoms with E-state index in [1.807, 2.05) is 12.1 Å². The lowest BCUT2D eigenvalue weighted by Gasteiger charge is -2.20. The van der Waals surface area contributed by atoms with Crippen LogP contribution in [0.5, 0.6) is 5.75 Å². The molecular formula is C24H23N3O7S. The molecule has 1 aromatic heterocycles. The van der Waals surface area contributed by atoms with Gasteiger partial charge >= 0.3 is 5.97 Å². The summed E-state index contributed by atoms with van der Waals surface area (Å²) in [5.41, 5.74) is 1.60. The highest BCUT2D eigenvalue weighted by molar-refractivity contribution is 7.92. The molecule has 35 heavy (non-hydrogen) atoms. The van der Waals surface area contributed by atoms with Gasteiger partial charge in [-0.2, -0.15) is 0 Å². The summed E-state index contributed by atoms with van der Waals surface area (Å²) in [7, 11) is -0.998. The number of esters is 1. The molecule has 182 valence electrons. The first-order valence-electron chi connectivity index (χ1n) is 10.6. The van der Waals surface area contributed by atoms with E-state index < -0.39 is 34.4 Å². The minimum atomic E-state index is -3.97. The molecule has 1 N–H and O–H groups in total. The van der Waals surface area contributed by atoms with Gasteiger partial charge in [-0.25, -0.2) is 13.2 Å². The Balaban J connectivity index is 1.50. The number of hydrogen-bond acceptors (Lipinski definition) is 7. The van der Waals surface area contributed by atoms with Crippen LogP contribution < -0.4 is 14.4 Å². The van der Waals surface area contributed by atoms with E-state index in [1.165, 1.54) is 34.2 Å². The molecule has 2 amide bonds. The minimum Gasteiger partial charge on any atom is -0.496 e. The van der Waals surface area contributed by atoms with Gasteiger partial charge in [0.2, 0.25) is 0 Å². The lowest BCUT2D eigenvalue weighted by atomic mass is 10.2. The Morgan fingerprint density at radius 1 is 1.06 bits per heavy atom. The van der Waals surface area contributed by atoms with Crippen LogP contribution in [0.3, 0.4) is 0 Å². The summed E-state index contributed by atoms with van der Waals surface area (Å²) in [6, 6.07) is 14.2. The Bertz CT molecular complexity index is 1410. The fourth-order valence-electron chi connectivity index (χ4n) is 3.82. The lowest BCUT2D eigenvalue weighted by Crippen LogP contribution is -2.35. The molecule has 2 heterocycles. The molecule has 1 aliphatic heterocycles. The second-order valence-corrected chi connectivity index (χ2v) is 9.64. The number of ether oxygens (including phenoxy) is 2. The average Bonchev–Trinajstić information content (AvgIpc) is 3.48. The number of carbonyl (C=O) groups excluding carboxylic acids is 3. The van der Waals surface area contributed by atoms with E-state index in [9.17, 15) is 22.8 Å². The summed E-state index contributed by atoms with van der Waals surface area (Å²) in [5, 5.41) is 2.13. The number of fused-ring (bicyclic) bond motifs is 1. The molecule has 0 unspecified atom stereocenters. The van der Waals surface area contributed by atoms with Crippen LogP contribution >= 0.6 is 0 Å². The van der Waals surface area contributed by atoms with E-state index in [2.05, 4.69) is 5.32 Å². The number of para-hydroxylation sites is 1. The number of rotatable bonds is 7. The summed E-state index contributed by atoms with van der Waals surface area (Å²) in [6.45, 7) is -0.461. The highest BCUT2D eigenvalue weighted by Crippen LogP contribution is 2.34. The van der Waals surface area contributed by atoms with Crippen molar-refractivity contribution in [1.29, 1.82) is 0 Å². The van der Waals surface area contributed by atoms with Crippen molar-refractivity contribution in [2.24, 2.45) is 7.05 Å². The van der Waals surface area contributed by atoms with Gasteiger partial charge in [0.1, 0.15) is 17.0 Å². The Morgan fingerprint density at radius 3 is 2.54 bits per heavy atom. The van der Waals surface area contributed by atoms with Crippen molar-refractivity contribution in [3.8, 4) is 5.75 Å². The number of nitrogens with zero attached hydrogens (tertiary/aromatic N) is 2. The third kappa shape index (κ3) is 4.76. The number of aryl methyl sites for hydroxylation is 1. The summed E-state index contributed by atoms with van der Waals surface area (Å²) in [5.74, 6) is -2.37. The van der Waals surface area contributed by atoms with Gasteiger partial charge in [0.15, 0.2) is 6.61 Å². The molecule has 3 aromatic rings. The molecule has 0 aliphatic carbocycles. The van der Waals surface area contributed by atoms with Crippen LogP contribution in [0, 0.1) is 0 Å². The largest absolute Gasteiger partial charge is 0.496 e. The summed E-state index contributed by atoms with van der Waals surface area (Å²) < 4.78 is 39.7. The van der Waals surface area contributed by atoms with Crippen LogP contribution in [0.2, 0.25) is 0 Å². The maximum atomic E-state index is 13.3. The third-order valence-corrected chi connectivity index (χ3v) is 7.40. The highest BCUT2D eigenvalue weighted by Gasteiger charge is 2.32. The summed E-state index contributed by atoms with van der Waals surface area (Å²) >= 11 is 0. The standard InChI is InChI=1S/C24H23N3O7S/c1-26-12-5-8-20(26)23(29)25-22(28)15-34-24(30)18-14-17(9-10-21(18)33-2)35(31,32)27-13-11-16-6-3-4-7-19(16)27/h3-10,12,14H,11,13,15H2,1-2H3,(H,25,28,29). The van der Waals surface area contributed by atoms with E-state index in [0.29, 0.717) is 12.1 Å². The second-order valence-electron chi connectivity index (χ2n) is 7.78. The predicted molar refractivity (Wildman–Crippen MR) is 126 cm³/mol. The minimum absolute atomic E-state index is 0.0797. The predicted octanol–water partition coefficient (Wildman–Crippen LogP) is 1.90. The first-order chi connectivity index (χ1) is 16.7. The van der Waals surface area contributed by atoms with Crippen molar-refractivity contribution >= 4 is 33.5 Å². The van der Waals surface area contributed by atoms with Crippen molar-refractivity contribution in [2.45, 2.75) is 11.3 Å². The molecule has 4 rings (SSSR count). The molecular weight excluding hydrogens is 474 g/mol. The van der Waals surface area contributed by atoms with Crippen molar-refractivity contribution in [1.82, 2.24) is 9.88 Å². The number of anilines is 1. The molecule has 1 aliphatic rings. The van der Waals surface area contributed by atoms with Gasteiger partial charge in [-0.05, 0) is 48.4 Å². The van der Waals surface area contributed by atoms with E-state index in [-0.39, 0.29) is 28.4 Å². The molecule has 0 atom stereocenters. The van der Waals surface area contributed by atoms with Crippen LogP contribution in [0.4, 0.5) is 5.69 Å². The fourth-order valence-corrected chi connectivity index (χ4v) is 5.35. The Morgan fingerprint density at radius 2 is 1.83 bits per heavy atom. The van der Waals surface area contributed by atoms with E-state index >= 15 is 0 Å². The van der Waals surface area contributed by atoms with Gasteiger partial charge < -0.3 is 14.0 Å². The number of sulfonamides is 1. The highest BCUT2D eigenvalue weighted by atomic mass is 32.2. The van der Waals surface area contributed by atoms with Gasteiger partial charge in [-0.15, -0.1) is 0 Å². The van der Waals surface area contributed by atoms with Crippen LogP contribution in [0.25, 0.3) is 0 Å². The van der Waals surface area contributed by atoms with E-state index in [4.69, 9.17) is 9.47 Å². The molecule has 0 spiro atoms. The average molecular weight is 498 g/mol. The van der Waals surface area contributed by atoms with Crippen LogP contribution in [-0.2, 0) is 33.0 Å². The monoisotopic (exact) mass is 497 g/mol. The van der Waals surface area contributed by atoms with Gasteiger partial charge in [0, 0.05) is 19.8 Å². The van der Waals surface area contributed by atoms with Gasteiger partial charge in [0.25, 0.3) is 21.8 Å². The van der Waals surface area contributed by atoms with E-state index in [1.54, 1.807) is 31.4 Å². The Hall–Kier alpha value is -4.12. The Labute approximate surface area is 202 Å². The van der Waals surface area contributed by atoms with Crippen molar-refractivity contribution in [3.63, 3.8) is 0 Å². The van der Waals surface area contributed by atoms with Gasteiger partial charge in [-0.1, -0.05) is 18.2 Å². The van der Waals surface area contributed by atoms with Crippen LogP contribution in [0.1, 0.15) is 26.4 Å². The molecule has 0 radical (unpaired) electrons. The molecule has 0 saturated carbocycles. The fraction of sp³-hybridized carbons (Fsp3) is 0.208. The zero-order valence-electron chi connectivity index (χ0n) is 19.1. The zero-order valence-corrected chi connectivity index (χ0v) is 19.9. The molecule has 11 heteroatoms. The first-order valence-corrected chi connectivity index (χ1v) is 12.1. The Kier molecular flexibility index (Phi) is 6.61. The normalized spacial score (nSPS) is 12.7. The van der Waals surface area contributed by atoms with Crippen molar-refractivity contribution < 1.29 is 32.3 Å². The van der Waals surface area contributed by atoms with Crippen LogP contribution in [0.15, 0.2) is 65.7 Å². The molecule has 10 nitrogen and oxygen atoms in total. The number of hydrogen-bond donors (Lipinski definition) is 1. The molecule has 0 fully saturated rings. The van der Waals surface area contributed by atoms with Crippen LogP contribution in [-0.4, -0.2) is 51.0 Å². The number of benzene rings is 2. The first kappa shape index (κ1) is 24.0. The number of aromatic nitrogens is 1. The SMILES string of the molecule is COc1ccc(S(=O)(=O)N2CCc3ccccc32)cc1C(=O)OCC(=O)NC(=O)c1cccn1C. The summed E-state index contributed by atoms with van der Waals surface area (Å²) in [4.78, 5) is 36.8. The van der Waals surface area contributed by atoms with Crippen molar-refractivity contribution in [2.75, 3.05) is 24.6 Å². The maximum Gasteiger partial charge on any atom is 0.342 e. The quantitative estimate of drug-likeness (QED) is 0.495. The molecule has 0 bridgehead atoms. The summed E-state index contributed by atoms with van der Waals surface area (Å²) in [6.07, 6.45) is 2.23. The number of imide groups is 1. The van der Waals surface area contributed by atoms with Crippen molar-refractivity contribution in [3.05, 3.63) is 77.6 Å². The third-order valence-electron chi connectivity index (χ3n) is 5.59. The van der Waals surface area contributed by atoms with E-state index in [0.717, 1.165) is 11.6 Å². The molecule has 0 saturated heterocycles. The number of carbonyl (C=O) groups is 3. The van der Waals surface area contributed by atoms with Gasteiger partial charge in [0.05, 0.1) is 17.7 Å².